The minimum atomic E-state index is -0.0663. The van der Waals surface area contributed by atoms with Crippen molar-refractivity contribution in [2.75, 3.05) is 47.0 Å². The first-order valence-electron chi connectivity index (χ1n) is 16.0. The fourth-order valence-corrected chi connectivity index (χ4v) is 6.55. The molecule has 11 nitrogen and oxygen atoms in total. The molecule has 2 bridgehead atoms. The van der Waals surface area contributed by atoms with E-state index in [1.807, 2.05) is 13.2 Å². The highest BCUT2D eigenvalue weighted by Crippen LogP contribution is 2.38. The van der Waals surface area contributed by atoms with Crippen molar-refractivity contribution in [2.24, 2.45) is 7.05 Å². The normalized spacial score (nSPS) is 22.9. The molecule has 3 aromatic heterocycles. The fraction of sp³-hybridized carbons (Fsp3) is 0.545. The van der Waals surface area contributed by atoms with Crippen molar-refractivity contribution in [2.45, 2.75) is 63.8 Å². The molecule has 1 atom stereocenters. The van der Waals surface area contributed by atoms with E-state index in [2.05, 4.69) is 76.0 Å². The maximum absolute atomic E-state index is 6.33. The second kappa shape index (κ2) is 12.4. The molecular formula is C33H44N8O3. The summed E-state index contributed by atoms with van der Waals surface area (Å²) in [7, 11) is 6.14. The lowest BCUT2D eigenvalue weighted by atomic mass is 9.86. The third-order valence-electron chi connectivity index (χ3n) is 9.15. The number of nitrogens with one attached hydrogen (secondary N) is 1. The molecule has 7 rings (SSSR count). The fourth-order valence-electron chi connectivity index (χ4n) is 6.55. The van der Waals surface area contributed by atoms with E-state index in [0.29, 0.717) is 31.2 Å². The average Bonchev–Trinajstić information content (AvgIpc) is 3.65. The average molecular weight is 601 g/mol. The first-order valence-corrected chi connectivity index (χ1v) is 16.0. The number of rotatable bonds is 6. The monoisotopic (exact) mass is 600 g/mol. The van der Waals surface area contributed by atoms with Gasteiger partial charge in [0, 0.05) is 50.3 Å². The number of nitrogens with zero attached hydrogens (tertiary/aromatic N) is 7. The van der Waals surface area contributed by atoms with Crippen LogP contribution in [0.4, 0.5) is 0 Å². The van der Waals surface area contributed by atoms with E-state index in [0.717, 1.165) is 103 Å². The molecule has 5 heterocycles. The molecular weight excluding hydrogens is 556 g/mol. The van der Waals surface area contributed by atoms with Crippen LogP contribution in [0.2, 0.25) is 0 Å². The highest BCUT2D eigenvalue weighted by molar-refractivity contribution is 5.93. The maximum atomic E-state index is 6.33. The Labute approximate surface area is 258 Å². The zero-order valence-electron chi connectivity index (χ0n) is 26.3. The zero-order valence-corrected chi connectivity index (χ0v) is 26.3. The SMILES string of the molecule is Cc1c2c(nn1C1CC(NCCN(C)C)C1)OCCCOc1c(cnn1C)-c1ccc3c(c1)c(nn3C1CCCCO1)/C=C/2. The van der Waals surface area contributed by atoms with Gasteiger partial charge in [-0.25, -0.2) is 9.36 Å². The lowest BCUT2D eigenvalue weighted by Crippen LogP contribution is -2.44. The van der Waals surface area contributed by atoms with Crippen LogP contribution in [-0.2, 0) is 11.8 Å². The molecule has 1 unspecified atom stereocenters. The molecule has 1 saturated heterocycles. The van der Waals surface area contributed by atoms with E-state index in [4.69, 9.17) is 24.4 Å². The van der Waals surface area contributed by atoms with Crippen LogP contribution in [0, 0.1) is 6.92 Å². The summed E-state index contributed by atoms with van der Waals surface area (Å²) in [5.41, 5.74) is 6.09. The van der Waals surface area contributed by atoms with E-state index >= 15 is 0 Å². The van der Waals surface area contributed by atoms with E-state index in [9.17, 15) is 0 Å². The Hall–Kier alpha value is -3.67. The largest absolute Gasteiger partial charge is 0.477 e. The Kier molecular flexibility index (Phi) is 8.17. The van der Waals surface area contributed by atoms with Gasteiger partial charge in [-0.2, -0.15) is 10.2 Å². The summed E-state index contributed by atoms with van der Waals surface area (Å²) in [4.78, 5) is 2.21. The Morgan fingerprint density at radius 2 is 1.86 bits per heavy atom. The van der Waals surface area contributed by atoms with Crippen molar-refractivity contribution in [3.8, 4) is 22.9 Å². The second-order valence-corrected chi connectivity index (χ2v) is 12.6. The Morgan fingerprint density at radius 3 is 2.68 bits per heavy atom. The molecule has 1 saturated carbocycles. The number of benzene rings is 1. The number of ether oxygens (including phenoxy) is 3. The number of fused-ring (bicyclic) bond motifs is 4. The van der Waals surface area contributed by atoms with Gasteiger partial charge in [0.2, 0.25) is 11.8 Å². The first kappa shape index (κ1) is 29.1. The van der Waals surface area contributed by atoms with Gasteiger partial charge in [-0.1, -0.05) is 6.07 Å². The summed E-state index contributed by atoms with van der Waals surface area (Å²) in [6, 6.07) is 7.38. The molecule has 0 radical (unpaired) electrons. The maximum Gasteiger partial charge on any atom is 0.240 e. The third kappa shape index (κ3) is 5.64. The summed E-state index contributed by atoms with van der Waals surface area (Å²) in [6.07, 6.45) is 12.1. The predicted octanol–water partition coefficient (Wildman–Crippen LogP) is 4.83. The lowest BCUT2D eigenvalue weighted by Gasteiger charge is -2.37. The number of hydrogen-bond donors (Lipinski definition) is 1. The molecule has 2 aliphatic heterocycles. The molecule has 4 aromatic rings. The molecule has 1 N–H and O–H groups in total. The molecule has 2 fully saturated rings. The number of aryl methyl sites for hydroxylation is 1. The molecule has 0 spiro atoms. The Morgan fingerprint density at radius 1 is 1.00 bits per heavy atom. The van der Waals surface area contributed by atoms with Crippen LogP contribution in [0.25, 0.3) is 34.2 Å². The smallest absolute Gasteiger partial charge is 0.240 e. The molecule has 1 aromatic carbocycles. The van der Waals surface area contributed by atoms with Crippen molar-refractivity contribution in [3.05, 3.63) is 41.3 Å². The first-order chi connectivity index (χ1) is 21.5. The number of hydrogen-bond acceptors (Lipinski definition) is 8. The van der Waals surface area contributed by atoms with Crippen LogP contribution in [0.5, 0.6) is 11.8 Å². The van der Waals surface area contributed by atoms with E-state index in [1.165, 1.54) is 0 Å². The van der Waals surface area contributed by atoms with Crippen LogP contribution < -0.4 is 14.8 Å². The van der Waals surface area contributed by atoms with Gasteiger partial charge in [-0.3, -0.25) is 4.68 Å². The summed E-state index contributed by atoms with van der Waals surface area (Å²) in [5.74, 6) is 1.41. The standard InChI is InChI=1S/C33H44N8O3/c1-22-26-10-11-29-27-18-23(9-12-30(27)41(36-29)31-8-5-6-15-42-31)28-21-35-39(4)33(28)44-17-7-16-43-32(26)37-40(22)25-19-24(20-25)34-13-14-38(2)3/h9-12,18,21,24-25,31,34H,5-8,13-17,19-20H2,1-4H3/b11-10+. The highest BCUT2D eigenvalue weighted by atomic mass is 16.5. The molecule has 3 aliphatic rings. The minimum absolute atomic E-state index is 0.0663. The molecule has 1 aliphatic carbocycles. The van der Waals surface area contributed by atoms with Gasteiger partial charge >= 0.3 is 0 Å². The molecule has 44 heavy (non-hydrogen) atoms. The van der Waals surface area contributed by atoms with Crippen molar-refractivity contribution in [3.63, 3.8) is 0 Å². The highest BCUT2D eigenvalue weighted by Gasteiger charge is 2.33. The van der Waals surface area contributed by atoms with E-state index < -0.39 is 0 Å². The quantitative estimate of drug-likeness (QED) is 0.336. The lowest BCUT2D eigenvalue weighted by molar-refractivity contribution is -0.0367. The van der Waals surface area contributed by atoms with Crippen LogP contribution in [0.15, 0.2) is 24.4 Å². The number of aromatic nitrogens is 6. The predicted molar refractivity (Wildman–Crippen MR) is 171 cm³/mol. The van der Waals surface area contributed by atoms with Gasteiger partial charge < -0.3 is 24.4 Å². The van der Waals surface area contributed by atoms with Crippen molar-refractivity contribution < 1.29 is 14.2 Å². The van der Waals surface area contributed by atoms with Crippen LogP contribution in [-0.4, -0.2) is 87.3 Å². The Bertz CT molecular complexity index is 1640. The van der Waals surface area contributed by atoms with Gasteiger partial charge in [0.1, 0.15) is 0 Å². The van der Waals surface area contributed by atoms with Crippen LogP contribution in [0.3, 0.4) is 0 Å². The van der Waals surface area contributed by atoms with E-state index in [-0.39, 0.29) is 6.23 Å². The zero-order chi connectivity index (χ0) is 30.2. The minimum Gasteiger partial charge on any atom is -0.477 e. The van der Waals surface area contributed by atoms with E-state index in [1.54, 1.807) is 4.68 Å². The van der Waals surface area contributed by atoms with Crippen molar-refractivity contribution in [1.82, 2.24) is 39.6 Å². The van der Waals surface area contributed by atoms with Crippen LogP contribution in [0.1, 0.15) is 67.7 Å². The molecule has 11 heteroatoms. The number of likely N-dealkylation sites (N-methyl/N-ethyl adjacent to an activating group) is 1. The second-order valence-electron chi connectivity index (χ2n) is 12.6. The summed E-state index contributed by atoms with van der Waals surface area (Å²) in [6.45, 7) is 5.98. The summed E-state index contributed by atoms with van der Waals surface area (Å²) >= 11 is 0. The topological polar surface area (TPSA) is 96.4 Å². The van der Waals surface area contributed by atoms with Gasteiger partial charge in [0.15, 0.2) is 6.23 Å². The van der Waals surface area contributed by atoms with Gasteiger partial charge in [0.25, 0.3) is 0 Å². The van der Waals surface area contributed by atoms with Crippen molar-refractivity contribution >= 4 is 23.1 Å². The van der Waals surface area contributed by atoms with Gasteiger partial charge in [-0.05, 0) is 83.0 Å². The molecule has 234 valence electrons. The van der Waals surface area contributed by atoms with Crippen molar-refractivity contribution in [1.29, 1.82) is 0 Å². The molecule has 0 amide bonds. The Balaban J connectivity index is 1.25. The third-order valence-corrected chi connectivity index (χ3v) is 9.15. The van der Waals surface area contributed by atoms with Crippen LogP contribution >= 0.6 is 0 Å². The van der Waals surface area contributed by atoms with Gasteiger partial charge in [0.05, 0.1) is 47.8 Å². The summed E-state index contributed by atoms with van der Waals surface area (Å²) in [5, 5.41) is 19.4. The van der Waals surface area contributed by atoms with Gasteiger partial charge in [-0.15, -0.1) is 5.10 Å². The summed E-state index contributed by atoms with van der Waals surface area (Å²) < 4.78 is 24.8.